The normalized spacial score (nSPS) is 15.1. The van der Waals surface area contributed by atoms with E-state index in [1.54, 1.807) is 66.7 Å². The van der Waals surface area contributed by atoms with Crippen LogP contribution in [-0.2, 0) is 19.6 Å². The molecule has 0 aliphatic carbocycles. The lowest BCUT2D eigenvalue weighted by atomic mass is 10.1. The Morgan fingerprint density at radius 1 is 1.03 bits per heavy atom. The Hall–Kier alpha value is -3.89. The summed E-state index contributed by atoms with van der Waals surface area (Å²) < 4.78 is 38.9. The van der Waals surface area contributed by atoms with E-state index in [1.807, 2.05) is 0 Å². The highest BCUT2D eigenvalue weighted by Crippen LogP contribution is 2.27. The Bertz CT molecular complexity index is 1340. The average molecular weight is 524 g/mol. The van der Waals surface area contributed by atoms with E-state index >= 15 is 0 Å². The third-order valence-corrected chi connectivity index (χ3v) is 7.71. The molecular formula is C27H29N3O6S. The summed E-state index contributed by atoms with van der Waals surface area (Å²) in [6, 6.07) is 20.9. The summed E-state index contributed by atoms with van der Waals surface area (Å²) in [5.74, 6) is -0.519. The van der Waals surface area contributed by atoms with Crippen molar-refractivity contribution in [2.75, 3.05) is 36.4 Å². The summed E-state index contributed by atoms with van der Waals surface area (Å²) in [5, 5.41) is 5.55. The van der Waals surface area contributed by atoms with Gasteiger partial charge in [-0.1, -0.05) is 36.4 Å². The van der Waals surface area contributed by atoms with Gasteiger partial charge in [0.05, 0.1) is 35.0 Å². The second-order valence-corrected chi connectivity index (χ2v) is 10.3. The van der Waals surface area contributed by atoms with Crippen molar-refractivity contribution in [3.05, 3.63) is 84.4 Å². The Kier molecular flexibility index (Phi) is 8.42. The lowest BCUT2D eigenvalue weighted by Gasteiger charge is -2.24. The summed E-state index contributed by atoms with van der Waals surface area (Å²) in [4.78, 5) is 26.0. The second-order valence-electron chi connectivity index (χ2n) is 8.47. The first kappa shape index (κ1) is 26.2. The van der Waals surface area contributed by atoms with E-state index in [-0.39, 0.29) is 33.8 Å². The molecule has 194 valence electrons. The van der Waals surface area contributed by atoms with Crippen molar-refractivity contribution in [3.8, 4) is 5.75 Å². The maximum atomic E-state index is 13.5. The first-order valence-corrected chi connectivity index (χ1v) is 13.3. The van der Waals surface area contributed by atoms with Crippen LogP contribution in [0.15, 0.2) is 83.8 Å². The predicted molar refractivity (Wildman–Crippen MR) is 140 cm³/mol. The summed E-state index contributed by atoms with van der Waals surface area (Å²) in [6.45, 7) is 0.541. The number of hydrogen-bond acceptors (Lipinski definition) is 6. The highest BCUT2D eigenvalue weighted by Gasteiger charge is 2.28. The van der Waals surface area contributed by atoms with Gasteiger partial charge in [-0.25, -0.2) is 8.42 Å². The molecule has 2 amide bonds. The molecule has 1 fully saturated rings. The molecule has 10 heteroatoms. The molecule has 3 aromatic rings. The topological polar surface area (TPSA) is 114 Å². The zero-order valence-electron chi connectivity index (χ0n) is 20.4. The number of rotatable bonds is 10. The van der Waals surface area contributed by atoms with Crippen molar-refractivity contribution in [3.63, 3.8) is 0 Å². The number of benzene rings is 3. The number of carbonyl (C=O) groups is 2. The Labute approximate surface area is 216 Å². The molecule has 3 aromatic carbocycles. The standard InChI is InChI=1S/C27H29N3O6S/c1-35-21-10-7-9-20(17-21)30(37(33,34)23-12-3-2-4-13-23)19-26(31)29-25-15-6-5-14-24(25)27(32)28-18-22-11-8-16-36-22/h2-7,9-10,12-15,17,22H,8,11,16,18-19H2,1H3,(H,28,32)(H,29,31)/t22-/m0/s1. The van der Waals surface area contributed by atoms with Gasteiger partial charge in [-0.05, 0) is 49.2 Å². The predicted octanol–water partition coefficient (Wildman–Crippen LogP) is 3.44. The van der Waals surface area contributed by atoms with Crippen molar-refractivity contribution in [2.24, 2.45) is 0 Å². The number of carbonyl (C=O) groups excluding carboxylic acids is 2. The summed E-state index contributed by atoms with van der Waals surface area (Å²) in [7, 11) is -2.61. The lowest BCUT2D eigenvalue weighted by molar-refractivity contribution is -0.114. The smallest absolute Gasteiger partial charge is 0.264 e. The molecule has 1 atom stereocenters. The van der Waals surface area contributed by atoms with Crippen LogP contribution in [0, 0.1) is 0 Å². The number of nitrogens with one attached hydrogen (secondary N) is 2. The maximum absolute atomic E-state index is 13.5. The van der Waals surface area contributed by atoms with Gasteiger partial charge >= 0.3 is 0 Å². The summed E-state index contributed by atoms with van der Waals surface area (Å²) in [5.41, 5.74) is 0.814. The van der Waals surface area contributed by atoms with Gasteiger partial charge < -0.3 is 20.1 Å². The molecule has 1 aliphatic heterocycles. The summed E-state index contributed by atoms with van der Waals surface area (Å²) >= 11 is 0. The zero-order chi connectivity index (χ0) is 26.3. The highest BCUT2D eigenvalue weighted by atomic mass is 32.2. The number of hydrogen-bond donors (Lipinski definition) is 2. The van der Waals surface area contributed by atoms with Crippen LogP contribution in [0.4, 0.5) is 11.4 Å². The summed E-state index contributed by atoms with van der Waals surface area (Å²) in [6.07, 6.45) is 1.82. The van der Waals surface area contributed by atoms with E-state index in [2.05, 4.69) is 10.6 Å². The Balaban J connectivity index is 1.56. The van der Waals surface area contributed by atoms with Crippen molar-refractivity contribution < 1.29 is 27.5 Å². The zero-order valence-corrected chi connectivity index (χ0v) is 21.2. The molecule has 1 heterocycles. The molecule has 0 saturated carbocycles. The van der Waals surface area contributed by atoms with Crippen molar-refractivity contribution in [1.29, 1.82) is 0 Å². The number of anilines is 2. The van der Waals surface area contributed by atoms with Crippen LogP contribution in [0.3, 0.4) is 0 Å². The highest BCUT2D eigenvalue weighted by molar-refractivity contribution is 7.92. The molecule has 0 bridgehead atoms. The minimum Gasteiger partial charge on any atom is -0.497 e. The Morgan fingerprint density at radius 3 is 2.51 bits per heavy atom. The molecule has 0 spiro atoms. The number of amides is 2. The minimum absolute atomic E-state index is 0.0229. The monoisotopic (exact) mass is 523 g/mol. The van der Waals surface area contributed by atoms with Crippen molar-refractivity contribution in [2.45, 2.75) is 23.8 Å². The van der Waals surface area contributed by atoms with E-state index in [1.165, 1.54) is 19.2 Å². The van der Waals surface area contributed by atoms with Gasteiger partial charge in [0.1, 0.15) is 12.3 Å². The van der Waals surface area contributed by atoms with Gasteiger partial charge in [-0.2, -0.15) is 0 Å². The third kappa shape index (κ3) is 6.46. The fourth-order valence-electron chi connectivity index (χ4n) is 4.02. The molecule has 1 aliphatic rings. The van der Waals surface area contributed by atoms with E-state index in [0.29, 0.717) is 18.9 Å². The fraction of sp³-hybridized carbons (Fsp3) is 0.259. The quantitative estimate of drug-likeness (QED) is 0.421. The van der Waals surface area contributed by atoms with E-state index < -0.39 is 22.5 Å². The molecule has 0 unspecified atom stereocenters. The first-order chi connectivity index (χ1) is 17.9. The van der Waals surface area contributed by atoms with Gasteiger partial charge in [0.2, 0.25) is 5.91 Å². The van der Waals surface area contributed by atoms with E-state index in [9.17, 15) is 18.0 Å². The molecule has 4 rings (SSSR count). The van der Waals surface area contributed by atoms with Crippen LogP contribution in [0.2, 0.25) is 0 Å². The molecule has 1 saturated heterocycles. The lowest BCUT2D eigenvalue weighted by Crippen LogP contribution is -2.38. The molecule has 37 heavy (non-hydrogen) atoms. The molecule has 2 N–H and O–H groups in total. The average Bonchev–Trinajstić information content (AvgIpc) is 3.45. The van der Waals surface area contributed by atoms with Crippen LogP contribution in [0.1, 0.15) is 23.2 Å². The molecule has 0 aromatic heterocycles. The van der Waals surface area contributed by atoms with Crippen molar-refractivity contribution in [1.82, 2.24) is 5.32 Å². The van der Waals surface area contributed by atoms with Gasteiger partial charge in [0.15, 0.2) is 0 Å². The van der Waals surface area contributed by atoms with Gasteiger partial charge in [0.25, 0.3) is 15.9 Å². The van der Waals surface area contributed by atoms with Crippen molar-refractivity contribution >= 4 is 33.2 Å². The first-order valence-electron chi connectivity index (χ1n) is 11.9. The Morgan fingerprint density at radius 2 is 1.78 bits per heavy atom. The minimum atomic E-state index is -4.09. The number of nitrogens with zero attached hydrogens (tertiary/aromatic N) is 1. The third-order valence-electron chi connectivity index (χ3n) is 5.92. The van der Waals surface area contributed by atoms with Crippen LogP contribution in [0.25, 0.3) is 0 Å². The van der Waals surface area contributed by atoms with Crippen LogP contribution in [0.5, 0.6) is 5.75 Å². The molecular weight excluding hydrogens is 494 g/mol. The SMILES string of the molecule is COc1cccc(N(CC(=O)Nc2ccccc2C(=O)NC[C@@H]2CCCO2)S(=O)(=O)c2ccccc2)c1. The van der Waals surface area contributed by atoms with E-state index in [0.717, 1.165) is 17.1 Å². The van der Waals surface area contributed by atoms with E-state index in [4.69, 9.17) is 9.47 Å². The molecule has 9 nitrogen and oxygen atoms in total. The maximum Gasteiger partial charge on any atom is 0.264 e. The fourth-order valence-corrected chi connectivity index (χ4v) is 5.45. The second kappa shape index (κ2) is 11.9. The van der Waals surface area contributed by atoms with Gasteiger partial charge in [0, 0.05) is 19.2 Å². The molecule has 0 radical (unpaired) electrons. The number of ether oxygens (including phenoxy) is 2. The number of para-hydroxylation sites is 1. The van der Waals surface area contributed by atoms with Gasteiger partial charge in [-0.3, -0.25) is 13.9 Å². The number of methoxy groups -OCH3 is 1. The van der Waals surface area contributed by atoms with Gasteiger partial charge in [-0.15, -0.1) is 0 Å². The number of sulfonamides is 1. The van der Waals surface area contributed by atoms with Crippen LogP contribution in [-0.4, -0.2) is 53.1 Å². The van der Waals surface area contributed by atoms with Crippen LogP contribution >= 0.6 is 0 Å². The largest absolute Gasteiger partial charge is 0.497 e. The van der Waals surface area contributed by atoms with Crippen LogP contribution < -0.4 is 19.7 Å².